The summed E-state index contributed by atoms with van der Waals surface area (Å²) in [6.45, 7) is 0. The van der Waals surface area contributed by atoms with Gasteiger partial charge in [0.1, 0.15) is 4.90 Å². The van der Waals surface area contributed by atoms with Gasteiger partial charge in [-0.05, 0) is 23.8 Å². The quantitative estimate of drug-likeness (QED) is 0.921. The number of sulfone groups is 1. The molecular weight excluding hydrogens is 303 g/mol. The summed E-state index contributed by atoms with van der Waals surface area (Å²) >= 11 is 5.67. The lowest BCUT2D eigenvalue weighted by atomic mass is 10.2. The van der Waals surface area contributed by atoms with Crippen LogP contribution in [0, 0.1) is 0 Å². The number of H-pyrrole nitrogens is 1. The summed E-state index contributed by atoms with van der Waals surface area (Å²) in [6, 6.07) is 6.67. The molecule has 0 saturated carbocycles. The third kappa shape index (κ3) is 2.48. The van der Waals surface area contributed by atoms with E-state index < -0.39 is 20.2 Å². The first-order valence-corrected chi connectivity index (χ1v) is 6.84. The predicted molar refractivity (Wildman–Crippen MR) is 64.5 cm³/mol. The van der Waals surface area contributed by atoms with Crippen molar-refractivity contribution in [2.75, 3.05) is 0 Å². The van der Waals surface area contributed by atoms with Crippen molar-refractivity contribution in [2.24, 2.45) is 0 Å². The molecule has 0 aliphatic carbocycles. The molecule has 8 heteroatoms. The number of benzene rings is 1. The zero-order valence-electron chi connectivity index (χ0n) is 9.20. The molecule has 0 aliphatic rings. The van der Waals surface area contributed by atoms with E-state index in [1.807, 2.05) is 0 Å². The fourth-order valence-corrected chi connectivity index (χ4v) is 2.61. The van der Waals surface area contributed by atoms with Crippen LogP contribution in [0.15, 0.2) is 41.4 Å². The van der Waals surface area contributed by atoms with Gasteiger partial charge in [-0.2, -0.15) is 13.2 Å². The van der Waals surface area contributed by atoms with Gasteiger partial charge in [-0.1, -0.05) is 23.7 Å². The number of aromatic nitrogens is 1. The molecule has 2 aromatic rings. The average molecular weight is 310 g/mol. The lowest BCUT2D eigenvalue weighted by Crippen LogP contribution is -2.23. The fourth-order valence-electron chi connectivity index (χ4n) is 1.55. The third-order valence-electron chi connectivity index (χ3n) is 2.44. The van der Waals surface area contributed by atoms with Crippen LogP contribution in [0.4, 0.5) is 13.2 Å². The Balaban J connectivity index is 2.59. The van der Waals surface area contributed by atoms with Crippen molar-refractivity contribution in [1.82, 2.24) is 4.98 Å². The Morgan fingerprint density at radius 3 is 2.16 bits per heavy atom. The van der Waals surface area contributed by atoms with Gasteiger partial charge in [0.25, 0.3) is 9.84 Å². The lowest BCUT2D eigenvalue weighted by molar-refractivity contribution is -0.0435. The molecule has 0 atom stereocenters. The highest BCUT2D eigenvalue weighted by Gasteiger charge is 2.48. The summed E-state index contributed by atoms with van der Waals surface area (Å²) in [5, 5.41) is 0.399. The molecule has 0 saturated heterocycles. The van der Waals surface area contributed by atoms with E-state index in [4.69, 9.17) is 11.6 Å². The van der Waals surface area contributed by atoms with Gasteiger partial charge in [-0.3, -0.25) is 0 Å². The van der Waals surface area contributed by atoms with Gasteiger partial charge in [-0.25, -0.2) is 8.42 Å². The van der Waals surface area contributed by atoms with Gasteiger partial charge in [0.05, 0.1) is 5.69 Å². The van der Waals surface area contributed by atoms with Crippen LogP contribution in [0.5, 0.6) is 0 Å². The maximum atomic E-state index is 12.5. The van der Waals surface area contributed by atoms with Crippen molar-refractivity contribution in [3.8, 4) is 11.3 Å². The first kappa shape index (κ1) is 14.0. The van der Waals surface area contributed by atoms with Crippen molar-refractivity contribution in [2.45, 2.75) is 10.4 Å². The predicted octanol–water partition coefficient (Wildman–Crippen LogP) is 3.63. The van der Waals surface area contributed by atoms with Crippen molar-refractivity contribution in [3.63, 3.8) is 0 Å². The minimum atomic E-state index is -5.39. The van der Waals surface area contributed by atoms with E-state index in [0.717, 1.165) is 12.3 Å². The van der Waals surface area contributed by atoms with Gasteiger partial charge >= 0.3 is 5.51 Å². The number of nitrogens with one attached hydrogen (secondary N) is 1. The van der Waals surface area contributed by atoms with Crippen molar-refractivity contribution >= 4 is 21.4 Å². The molecule has 0 bridgehead atoms. The molecule has 0 aliphatic heterocycles. The normalized spacial score (nSPS) is 12.6. The van der Waals surface area contributed by atoms with Gasteiger partial charge < -0.3 is 4.98 Å². The van der Waals surface area contributed by atoms with Crippen molar-refractivity contribution in [3.05, 3.63) is 41.6 Å². The largest absolute Gasteiger partial charge is 0.501 e. The molecule has 1 N–H and O–H groups in total. The van der Waals surface area contributed by atoms with E-state index >= 15 is 0 Å². The molecule has 0 radical (unpaired) electrons. The second-order valence-electron chi connectivity index (χ2n) is 3.67. The second-order valence-corrected chi connectivity index (χ2v) is 6.02. The minimum absolute atomic E-state index is 0.117. The lowest BCUT2D eigenvalue weighted by Gasteiger charge is -2.09. The van der Waals surface area contributed by atoms with Crippen LogP contribution in [0.2, 0.25) is 5.02 Å². The van der Waals surface area contributed by atoms with Crippen LogP contribution in [0.3, 0.4) is 0 Å². The molecule has 0 spiro atoms. The van der Waals surface area contributed by atoms with Gasteiger partial charge in [-0.15, -0.1) is 0 Å². The molecular formula is C11H7ClF3NO2S. The zero-order chi connectivity index (χ0) is 14.3. The van der Waals surface area contributed by atoms with E-state index in [-0.39, 0.29) is 5.69 Å². The molecule has 0 amide bonds. The first-order chi connectivity index (χ1) is 8.73. The molecule has 1 aromatic carbocycles. The summed E-state index contributed by atoms with van der Waals surface area (Å²) < 4.78 is 60.4. The Morgan fingerprint density at radius 1 is 1.05 bits per heavy atom. The van der Waals surface area contributed by atoms with Crippen LogP contribution in [-0.4, -0.2) is 18.9 Å². The van der Waals surface area contributed by atoms with Crippen molar-refractivity contribution < 1.29 is 21.6 Å². The Kier molecular flexibility index (Phi) is 3.36. The summed E-state index contributed by atoms with van der Waals surface area (Å²) in [4.78, 5) is 1.69. The summed E-state index contributed by atoms with van der Waals surface area (Å²) in [6.07, 6.45) is 1.14. The molecule has 1 aromatic heterocycles. The maximum absolute atomic E-state index is 12.5. The number of hydrogen-bond donors (Lipinski definition) is 1. The van der Waals surface area contributed by atoms with Crippen LogP contribution in [-0.2, 0) is 9.84 Å². The van der Waals surface area contributed by atoms with Gasteiger partial charge in [0, 0.05) is 11.2 Å². The van der Waals surface area contributed by atoms with E-state index in [0.29, 0.717) is 10.6 Å². The molecule has 102 valence electrons. The molecule has 3 nitrogen and oxygen atoms in total. The fraction of sp³-hybridized carbons (Fsp3) is 0.0909. The summed E-state index contributed by atoms with van der Waals surface area (Å²) in [5.41, 5.74) is -5.15. The second kappa shape index (κ2) is 4.57. The highest BCUT2D eigenvalue weighted by atomic mass is 35.5. The monoisotopic (exact) mass is 309 g/mol. The van der Waals surface area contributed by atoms with E-state index in [1.165, 1.54) is 24.3 Å². The van der Waals surface area contributed by atoms with Crippen LogP contribution < -0.4 is 0 Å². The third-order valence-corrected chi connectivity index (χ3v) is 4.22. The van der Waals surface area contributed by atoms with Gasteiger partial charge in [0.15, 0.2) is 0 Å². The zero-order valence-corrected chi connectivity index (χ0v) is 10.8. The Bertz CT molecular complexity index is 689. The van der Waals surface area contributed by atoms with Crippen LogP contribution >= 0.6 is 11.6 Å². The smallest absolute Gasteiger partial charge is 0.360 e. The van der Waals surface area contributed by atoms with E-state index in [1.54, 1.807) is 0 Å². The maximum Gasteiger partial charge on any atom is 0.501 e. The minimum Gasteiger partial charge on any atom is -0.360 e. The highest BCUT2D eigenvalue weighted by Crippen LogP contribution is 2.35. The van der Waals surface area contributed by atoms with E-state index in [9.17, 15) is 21.6 Å². The average Bonchev–Trinajstić information content (AvgIpc) is 2.78. The molecule has 19 heavy (non-hydrogen) atoms. The molecule has 2 rings (SSSR count). The molecule has 0 unspecified atom stereocenters. The summed E-state index contributed by atoms with van der Waals surface area (Å²) in [5.74, 6) is 0. The Labute approximate surface area is 111 Å². The number of halogens is 4. The number of alkyl halides is 3. The van der Waals surface area contributed by atoms with Crippen molar-refractivity contribution in [1.29, 1.82) is 0 Å². The number of rotatable bonds is 2. The topological polar surface area (TPSA) is 49.9 Å². The SMILES string of the molecule is O=S(=O)(c1cc[nH]c1-c1ccc(Cl)cc1)C(F)(F)F. The van der Waals surface area contributed by atoms with Crippen LogP contribution in [0.25, 0.3) is 11.3 Å². The number of aromatic amines is 1. The van der Waals surface area contributed by atoms with Crippen LogP contribution in [0.1, 0.15) is 0 Å². The number of hydrogen-bond acceptors (Lipinski definition) is 2. The van der Waals surface area contributed by atoms with E-state index in [2.05, 4.69) is 4.98 Å². The highest BCUT2D eigenvalue weighted by molar-refractivity contribution is 7.92. The standard InChI is InChI=1S/C11H7ClF3NO2S/c12-8-3-1-7(2-4-8)10-9(5-6-16-10)19(17,18)11(13,14)15/h1-6,16H. The first-order valence-electron chi connectivity index (χ1n) is 4.98. The molecule has 1 heterocycles. The molecule has 0 fully saturated rings. The van der Waals surface area contributed by atoms with Gasteiger partial charge in [0.2, 0.25) is 0 Å². The Hall–Kier alpha value is -1.47. The Morgan fingerprint density at radius 2 is 1.63 bits per heavy atom. The summed E-state index contributed by atoms with van der Waals surface area (Å²) in [7, 11) is -5.39.